The number of rotatable bonds is 2. The summed E-state index contributed by atoms with van der Waals surface area (Å²) in [6.45, 7) is 0. The molecule has 8 heteroatoms. The van der Waals surface area contributed by atoms with Crippen LogP contribution in [0.2, 0.25) is 5.02 Å². The van der Waals surface area contributed by atoms with Gasteiger partial charge in [-0.15, -0.1) is 0 Å². The van der Waals surface area contributed by atoms with Crippen LogP contribution in [-0.4, -0.2) is 43.6 Å². The van der Waals surface area contributed by atoms with Gasteiger partial charge in [0.05, 0.1) is 5.75 Å². The number of benzene rings is 1. The molecular weight excluding hydrogens is 292 g/mol. The maximum absolute atomic E-state index is 12.0. The smallest absolute Gasteiger partial charge is 0.287 e. The number of carbonyl (C=O) groups is 1. The van der Waals surface area contributed by atoms with Crippen molar-refractivity contribution < 1.29 is 18.4 Å². The lowest BCUT2D eigenvalue weighted by Gasteiger charge is -2.11. The van der Waals surface area contributed by atoms with Gasteiger partial charge in [-0.25, -0.2) is 8.42 Å². The molecule has 104 valence electrons. The molecule has 0 aliphatic heterocycles. The van der Waals surface area contributed by atoms with Gasteiger partial charge in [-0.3, -0.25) is 4.79 Å². The first-order valence-electron chi connectivity index (χ1n) is 5.19. The molecule has 6 nitrogen and oxygen atoms in total. The third-order valence-corrected chi connectivity index (χ3v) is 4.06. The Kier molecular flexibility index (Phi) is 4.90. The largest absolute Gasteiger partial charge is 0.410 e. The van der Waals surface area contributed by atoms with Crippen LogP contribution in [0.15, 0.2) is 29.4 Å². The van der Waals surface area contributed by atoms with Crippen molar-refractivity contribution in [2.75, 3.05) is 14.1 Å². The van der Waals surface area contributed by atoms with E-state index >= 15 is 0 Å². The van der Waals surface area contributed by atoms with Gasteiger partial charge in [0, 0.05) is 19.1 Å². The van der Waals surface area contributed by atoms with Crippen LogP contribution in [0, 0.1) is 0 Å². The second-order valence-corrected chi connectivity index (χ2v) is 6.33. The van der Waals surface area contributed by atoms with E-state index in [0.717, 1.165) is 4.90 Å². The molecule has 0 aliphatic carbocycles. The molecule has 1 aromatic rings. The Morgan fingerprint density at radius 3 is 2.26 bits per heavy atom. The van der Waals surface area contributed by atoms with Crippen LogP contribution in [0.3, 0.4) is 0 Å². The van der Waals surface area contributed by atoms with Gasteiger partial charge in [-0.05, 0) is 17.7 Å². The number of hydrogen-bond donors (Lipinski definition) is 1. The van der Waals surface area contributed by atoms with Crippen molar-refractivity contribution in [1.82, 2.24) is 4.90 Å². The number of nitrogens with zero attached hydrogens (tertiary/aromatic N) is 2. The van der Waals surface area contributed by atoms with Crippen LogP contribution < -0.4 is 0 Å². The van der Waals surface area contributed by atoms with Crippen molar-refractivity contribution in [3.63, 3.8) is 0 Å². The monoisotopic (exact) mass is 304 g/mol. The average molecular weight is 305 g/mol. The molecule has 0 aromatic heterocycles. The quantitative estimate of drug-likeness (QED) is 0.384. The summed E-state index contributed by atoms with van der Waals surface area (Å²) in [5.74, 6) is -1.32. The average Bonchev–Trinajstić information content (AvgIpc) is 2.32. The lowest BCUT2D eigenvalue weighted by molar-refractivity contribution is -0.121. The Labute approximate surface area is 116 Å². The first-order valence-corrected chi connectivity index (χ1v) is 7.22. The van der Waals surface area contributed by atoms with E-state index < -0.39 is 26.5 Å². The third kappa shape index (κ3) is 3.93. The minimum absolute atomic E-state index is 0.441. The second-order valence-electron chi connectivity index (χ2n) is 3.99. The lowest BCUT2D eigenvalue weighted by atomic mass is 10.2. The molecule has 0 radical (unpaired) electrons. The zero-order valence-corrected chi connectivity index (χ0v) is 11.9. The van der Waals surface area contributed by atoms with Crippen LogP contribution in [0.25, 0.3) is 0 Å². The van der Waals surface area contributed by atoms with Gasteiger partial charge >= 0.3 is 0 Å². The van der Waals surface area contributed by atoms with E-state index in [4.69, 9.17) is 16.8 Å². The Morgan fingerprint density at radius 2 is 1.84 bits per heavy atom. The van der Waals surface area contributed by atoms with Crippen molar-refractivity contribution >= 4 is 32.4 Å². The maximum atomic E-state index is 12.0. The van der Waals surface area contributed by atoms with Crippen molar-refractivity contribution in [1.29, 1.82) is 0 Å². The predicted molar refractivity (Wildman–Crippen MR) is 72.0 cm³/mol. The van der Waals surface area contributed by atoms with Crippen LogP contribution >= 0.6 is 11.6 Å². The van der Waals surface area contributed by atoms with E-state index in [2.05, 4.69) is 5.16 Å². The highest BCUT2D eigenvalue weighted by atomic mass is 35.5. The zero-order chi connectivity index (χ0) is 14.6. The van der Waals surface area contributed by atoms with Gasteiger partial charge in [0.15, 0.2) is 0 Å². The summed E-state index contributed by atoms with van der Waals surface area (Å²) in [4.78, 5) is 12.6. The molecule has 0 unspecified atom stereocenters. The molecule has 0 aliphatic rings. The van der Waals surface area contributed by atoms with E-state index in [9.17, 15) is 13.2 Å². The van der Waals surface area contributed by atoms with Gasteiger partial charge in [0.1, 0.15) is 0 Å². The number of sulfone groups is 1. The Balaban J connectivity index is 3.04. The number of amides is 1. The standard InChI is InChI=1S/C11H13ClN2O4S/c1-14(2)11(15)10(13-16)19(17,18)7-8-3-5-9(12)6-4-8/h3-6,16H,7H2,1-2H3/b13-10+. The topological polar surface area (TPSA) is 87.0 Å². The van der Waals surface area contributed by atoms with Gasteiger partial charge in [-0.2, -0.15) is 0 Å². The second kappa shape index (κ2) is 6.03. The minimum atomic E-state index is -4.02. The molecular formula is C11H13ClN2O4S. The number of oxime groups is 1. The summed E-state index contributed by atoms with van der Waals surface area (Å²) < 4.78 is 24.0. The number of carbonyl (C=O) groups excluding carboxylic acids is 1. The van der Waals surface area contributed by atoms with Crippen LogP contribution in [0.1, 0.15) is 5.56 Å². The summed E-state index contributed by atoms with van der Waals surface area (Å²) >= 11 is 5.69. The minimum Gasteiger partial charge on any atom is -0.410 e. The van der Waals surface area contributed by atoms with E-state index in [1.54, 1.807) is 0 Å². The SMILES string of the molecule is CN(C)C(=O)/C(=N\O)S(=O)(=O)Cc1ccc(Cl)cc1. The molecule has 19 heavy (non-hydrogen) atoms. The fourth-order valence-electron chi connectivity index (χ4n) is 1.30. The highest BCUT2D eigenvalue weighted by Gasteiger charge is 2.29. The molecule has 0 fully saturated rings. The van der Waals surface area contributed by atoms with Gasteiger partial charge in [-0.1, -0.05) is 28.9 Å². The molecule has 0 atom stereocenters. The third-order valence-electron chi connectivity index (χ3n) is 2.24. The fourth-order valence-corrected chi connectivity index (χ4v) is 2.76. The molecule has 0 spiro atoms. The molecule has 1 N–H and O–H groups in total. The molecule has 0 saturated carbocycles. The van der Waals surface area contributed by atoms with E-state index in [-0.39, 0.29) is 0 Å². The van der Waals surface area contributed by atoms with Crippen LogP contribution in [0.5, 0.6) is 0 Å². The van der Waals surface area contributed by atoms with E-state index in [1.165, 1.54) is 38.4 Å². The van der Waals surface area contributed by atoms with E-state index in [0.29, 0.717) is 10.6 Å². The molecule has 1 amide bonds. The van der Waals surface area contributed by atoms with Crippen LogP contribution in [-0.2, 0) is 20.4 Å². The normalized spacial score (nSPS) is 12.3. The first-order chi connectivity index (χ1) is 8.77. The van der Waals surface area contributed by atoms with Gasteiger partial charge in [0.2, 0.25) is 9.84 Å². The Hall–Kier alpha value is -1.60. The summed E-state index contributed by atoms with van der Waals surface area (Å²) in [6.07, 6.45) is 0. The lowest BCUT2D eigenvalue weighted by Crippen LogP contribution is -2.35. The summed E-state index contributed by atoms with van der Waals surface area (Å²) in [7, 11) is -1.28. The van der Waals surface area contributed by atoms with Crippen LogP contribution in [0.4, 0.5) is 0 Å². The van der Waals surface area contributed by atoms with Crippen molar-refractivity contribution in [3.8, 4) is 0 Å². The summed E-state index contributed by atoms with van der Waals surface area (Å²) in [5.41, 5.74) is 0.442. The van der Waals surface area contributed by atoms with Crippen molar-refractivity contribution in [3.05, 3.63) is 34.9 Å². The zero-order valence-electron chi connectivity index (χ0n) is 10.4. The highest BCUT2D eigenvalue weighted by Crippen LogP contribution is 2.13. The predicted octanol–water partition coefficient (Wildman–Crippen LogP) is 1.13. The molecule has 0 saturated heterocycles. The maximum Gasteiger partial charge on any atom is 0.287 e. The van der Waals surface area contributed by atoms with Crippen molar-refractivity contribution in [2.24, 2.45) is 5.16 Å². The number of hydrogen-bond acceptors (Lipinski definition) is 5. The Bertz CT molecular complexity index is 594. The molecule has 1 rings (SSSR count). The molecule has 1 aromatic carbocycles. The van der Waals surface area contributed by atoms with Gasteiger partial charge < -0.3 is 10.1 Å². The van der Waals surface area contributed by atoms with Gasteiger partial charge in [0.25, 0.3) is 11.0 Å². The highest BCUT2D eigenvalue weighted by molar-refractivity contribution is 8.07. The van der Waals surface area contributed by atoms with Crippen molar-refractivity contribution in [2.45, 2.75) is 5.75 Å². The summed E-state index contributed by atoms with van der Waals surface area (Å²) in [6, 6.07) is 6.12. The number of halogens is 1. The molecule has 0 heterocycles. The molecule has 0 bridgehead atoms. The first kappa shape index (κ1) is 15.5. The Morgan fingerprint density at radius 1 is 1.32 bits per heavy atom. The fraction of sp³-hybridized carbons (Fsp3) is 0.273. The van der Waals surface area contributed by atoms with E-state index in [1.807, 2.05) is 0 Å². The summed E-state index contributed by atoms with van der Waals surface area (Å²) in [5, 5.41) is 10.9.